The number of hydrogen-bond acceptors (Lipinski definition) is 3. The third-order valence-corrected chi connectivity index (χ3v) is 3.53. The summed E-state index contributed by atoms with van der Waals surface area (Å²) in [6.07, 6.45) is 0. The molecule has 0 aliphatic rings. The molecular weight excluding hydrogens is 308 g/mol. The maximum absolute atomic E-state index is 11.8. The lowest BCUT2D eigenvalue weighted by atomic mass is 9.96. The summed E-state index contributed by atoms with van der Waals surface area (Å²) in [7, 11) is 0. The second kappa shape index (κ2) is 4.98. The second-order valence-electron chi connectivity index (χ2n) is 5.08. The van der Waals surface area contributed by atoms with Crippen LogP contribution >= 0.6 is 15.9 Å². The first-order chi connectivity index (χ1) is 8.83. The van der Waals surface area contributed by atoms with Crippen molar-refractivity contribution >= 4 is 32.8 Å². The van der Waals surface area contributed by atoms with E-state index in [0.29, 0.717) is 5.76 Å². The lowest BCUT2D eigenvalue weighted by Crippen LogP contribution is -2.52. The third kappa shape index (κ3) is 2.67. The molecule has 0 saturated heterocycles. The van der Waals surface area contributed by atoms with Crippen LogP contribution in [0.25, 0.3) is 11.0 Å². The SMILES string of the molecule is CC(C)NC(C)(C(N)=O)c1cc2cc(Br)ccc2o1. The minimum atomic E-state index is -1.01. The number of fused-ring (bicyclic) bond motifs is 1. The molecule has 1 heterocycles. The lowest BCUT2D eigenvalue weighted by molar-refractivity contribution is -0.125. The van der Waals surface area contributed by atoms with E-state index in [1.165, 1.54) is 0 Å². The van der Waals surface area contributed by atoms with E-state index in [1.807, 2.05) is 38.1 Å². The zero-order valence-electron chi connectivity index (χ0n) is 11.2. The lowest BCUT2D eigenvalue weighted by Gasteiger charge is -2.27. The molecule has 1 aromatic carbocycles. The first-order valence-electron chi connectivity index (χ1n) is 6.10. The highest BCUT2D eigenvalue weighted by Crippen LogP contribution is 2.30. The minimum Gasteiger partial charge on any atom is -0.459 e. The predicted molar refractivity (Wildman–Crippen MR) is 78.7 cm³/mol. The smallest absolute Gasteiger partial charge is 0.245 e. The number of halogens is 1. The molecule has 0 spiro atoms. The summed E-state index contributed by atoms with van der Waals surface area (Å²) < 4.78 is 6.73. The first-order valence-corrected chi connectivity index (χ1v) is 6.89. The van der Waals surface area contributed by atoms with Gasteiger partial charge in [0.1, 0.15) is 11.3 Å². The number of carbonyl (C=O) groups is 1. The molecule has 2 rings (SSSR count). The highest BCUT2D eigenvalue weighted by molar-refractivity contribution is 9.10. The molecule has 0 fully saturated rings. The van der Waals surface area contributed by atoms with Crippen molar-refractivity contribution < 1.29 is 9.21 Å². The summed E-state index contributed by atoms with van der Waals surface area (Å²) in [5.74, 6) is 0.0705. The number of hydrogen-bond donors (Lipinski definition) is 2. The van der Waals surface area contributed by atoms with Gasteiger partial charge in [-0.05, 0) is 45.0 Å². The van der Waals surface area contributed by atoms with Crippen molar-refractivity contribution in [3.05, 3.63) is 34.5 Å². The highest BCUT2D eigenvalue weighted by Gasteiger charge is 2.37. The Hall–Kier alpha value is -1.33. The Balaban J connectivity index is 2.53. The van der Waals surface area contributed by atoms with Crippen molar-refractivity contribution in [1.29, 1.82) is 0 Å². The van der Waals surface area contributed by atoms with Gasteiger partial charge in [-0.2, -0.15) is 0 Å². The second-order valence-corrected chi connectivity index (χ2v) is 6.00. The van der Waals surface area contributed by atoms with Crippen LogP contribution in [0.4, 0.5) is 0 Å². The number of furan rings is 1. The van der Waals surface area contributed by atoms with Crippen molar-refractivity contribution in [1.82, 2.24) is 5.32 Å². The zero-order valence-corrected chi connectivity index (χ0v) is 12.7. The molecule has 1 amide bonds. The molecule has 102 valence electrons. The van der Waals surface area contributed by atoms with Crippen LogP contribution in [0, 0.1) is 0 Å². The van der Waals surface area contributed by atoms with E-state index in [4.69, 9.17) is 10.2 Å². The molecule has 4 nitrogen and oxygen atoms in total. The van der Waals surface area contributed by atoms with Crippen molar-refractivity contribution in [2.24, 2.45) is 5.73 Å². The van der Waals surface area contributed by atoms with E-state index in [1.54, 1.807) is 6.92 Å². The normalized spacial score (nSPS) is 14.8. The van der Waals surface area contributed by atoms with Gasteiger partial charge in [-0.3, -0.25) is 10.1 Å². The molecule has 1 unspecified atom stereocenters. The Morgan fingerprint density at radius 3 is 2.68 bits per heavy atom. The highest BCUT2D eigenvalue weighted by atomic mass is 79.9. The summed E-state index contributed by atoms with van der Waals surface area (Å²) >= 11 is 3.41. The number of primary amides is 1. The van der Waals surface area contributed by atoms with Gasteiger partial charge < -0.3 is 10.2 Å². The van der Waals surface area contributed by atoms with Gasteiger partial charge in [0.05, 0.1) is 0 Å². The van der Waals surface area contributed by atoms with Gasteiger partial charge in [-0.1, -0.05) is 15.9 Å². The molecule has 5 heteroatoms. The van der Waals surface area contributed by atoms with Crippen molar-refractivity contribution in [2.45, 2.75) is 32.4 Å². The van der Waals surface area contributed by atoms with Crippen molar-refractivity contribution in [3.8, 4) is 0 Å². The van der Waals surface area contributed by atoms with Crippen LogP contribution in [0.15, 0.2) is 33.2 Å². The van der Waals surface area contributed by atoms with E-state index in [0.717, 1.165) is 15.4 Å². The Kier molecular flexibility index (Phi) is 3.69. The number of benzene rings is 1. The Labute approximate surface area is 120 Å². The predicted octanol–water partition coefficient (Wildman–Crippen LogP) is 2.89. The van der Waals surface area contributed by atoms with Crippen LogP contribution < -0.4 is 11.1 Å². The summed E-state index contributed by atoms with van der Waals surface area (Å²) in [6, 6.07) is 7.66. The van der Waals surface area contributed by atoms with Gasteiger partial charge >= 0.3 is 0 Å². The van der Waals surface area contributed by atoms with Gasteiger partial charge in [-0.25, -0.2) is 0 Å². The monoisotopic (exact) mass is 324 g/mol. The van der Waals surface area contributed by atoms with Gasteiger partial charge in [0.25, 0.3) is 0 Å². The molecule has 1 aromatic heterocycles. The Morgan fingerprint density at radius 2 is 2.11 bits per heavy atom. The number of nitrogens with one attached hydrogen (secondary N) is 1. The minimum absolute atomic E-state index is 0.109. The fraction of sp³-hybridized carbons (Fsp3) is 0.357. The number of rotatable bonds is 4. The van der Waals surface area contributed by atoms with E-state index >= 15 is 0 Å². The molecule has 0 bridgehead atoms. The van der Waals surface area contributed by atoms with Crippen LogP contribution in [0.1, 0.15) is 26.5 Å². The van der Waals surface area contributed by atoms with E-state index in [-0.39, 0.29) is 6.04 Å². The van der Waals surface area contributed by atoms with Crippen molar-refractivity contribution in [3.63, 3.8) is 0 Å². The van der Waals surface area contributed by atoms with Gasteiger partial charge in [0.2, 0.25) is 5.91 Å². The standard InChI is InChI=1S/C14H17BrN2O2/c1-8(2)17-14(3,13(16)18)12-7-9-6-10(15)4-5-11(9)19-12/h4-8,17H,1-3H3,(H2,16,18). The van der Waals surface area contributed by atoms with Crippen LogP contribution in [-0.4, -0.2) is 11.9 Å². The van der Waals surface area contributed by atoms with Gasteiger partial charge in [0, 0.05) is 15.9 Å². The number of carbonyl (C=O) groups excluding carboxylic acids is 1. The van der Waals surface area contributed by atoms with Crippen LogP contribution in [-0.2, 0) is 10.3 Å². The molecule has 0 radical (unpaired) electrons. The van der Waals surface area contributed by atoms with E-state index < -0.39 is 11.4 Å². The average molecular weight is 325 g/mol. The fourth-order valence-electron chi connectivity index (χ4n) is 2.10. The van der Waals surface area contributed by atoms with Crippen molar-refractivity contribution in [2.75, 3.05) is 0 Å². The largest absolute Gasteiger partial charge is 0.459 e. The maximum Gasteiger partial charge on any atom is 0.245 e. The van der Waals surface area contributed by atoms with Gasteiger partial charge in [0.15, 0.2) is 5.54 Å². The van der Waals surface area contributed by atoms with Crippen LogP contribution in [0.3, 0.4) is 0 Å². The zero-order chi connectivity index (χ0) is 14.2. The summed E-state index contributed by atoms with van der Waals surface area (Å²) in [4.78, 5) is 11.8. The van der Waals surface area contributed by atoms with E-state index in [9.17, 15) is 4.79 Å². The van der Waals surface area contributed by atoms with Gasteiger partial charge in [-0.15, -0.1) is 0 Å². The summed E-state index contributed by atoms with van der Waals surface area (Å²) in [5.41, 5.74) is 5.25. The molecular formula is C14H17BrN2O2. The molecule has 2 aromatic rings. The molecule has 1 atom stereocenters. The van der Waals surface area contributed by atoms with Crippen LogP contribution in [0.5, 0.6) is 0 Å². The number of nitrogens with two attached hydrogens (primary N) is 1. The molecule has 0 aliphatic heterocycles. The Bertz CT molecular complexity index is 621. The molecule has 19 heavy (non-hydrogen) atoms. The molecule has 3 N–H and O–H groups in total. The number of amides is 1. The molecule has 0 aliphatic carbocycles. The summed E-state index contributed by atoms with van der Waals surface area (Å²) in [5, 5.41) is 4.10. The fourth-order valence-corrected chi connectivity index (χ4v) is 2.48. The third-order valence-electron chi connectivity index (χ3n) is 3.04. The summed E-state index contributed by atoms with van der Waals surface area (Å²) in [6.45, 7) is 5.66. The van der Waals surface area contributed by atoms with E-state index in [2.05, 4.69) is 21.2 Å². The quantitative estimate of drug-likeness (QED) is 0.908. The molecule has 0 saturated carbocycles. The first kappa shape index (κ1) is 14.1. The van der Waals surface area contributed by atoms with Crippen LogP contribution in [0.2, 0.25) is 0 Å². The topological polar surface area (TPSA) is 68.3 Å². The maximum atomic E-state index is 11.8. The Morgan fingerprint density at radius 1 is 1.42 bits per heavy atom. The average Bonchev–Trinajstić information content (AvgIpc) is 2.70.